The van der Waals surface area contributed by atoms with E-state index in [2.05, 4.69) is 27.7 Å². The Bertz CT molecular complexity index is 620. The second-order valence-electron chi connectivity index (χ2n) is 5.78. The zero-order valence-corrected chi connectivity index (χ0v) is 14.6. The van der Waals surface area contributed by atoms with Gasteiger partial charge < -0.3 is 15.1 Å². The van der Waals surface area contributed by atoms with Crippen molar-refractivity contribution in [3.8, 4) is 0 Å². The number of benzene rings is 1. The molecule has 0 radical (unpaired) electrons. The highest BCUT2D eigenvalue weighted by Gasteiger charge is 2.21. The molecule has 1 aromatic carbocycles. The lowest BCUT2D eigenvalue weighted by Crippen LogP contribution is -3.13. The minimum absolute atomic E-state index is 0.207. The molecule has 0 aliphatic carbocycles. The van der Waals surface area contributed by atoms with Gasteiger partial charge in [-0.1, -0.05) is 18.2 Å². The van der Waals surface area contributed by atoms with Crippen molar-refractivity contribution in [2.75, 3.05) is 26.2 Å². The van der Waals surface area contributed by atoms with Crippen molar-refractivity contribution in [1.82, 2.24) is 10.2 Å². The fraction of sp³-hybridized carbons (Fsp3) is 0.353. The molecule has 0 spiro atoms. The maximum Gasteiger partial charge on any atom is 0.169 e. The van der Waals surface area contributed by atoms with Crippen LogP contribution in [0.25, 0.3) is 0 Å². The molecule has 0 atom stereocenters. The molecule has 23 heavy (non-hydrogen) atoms. The minimum Gasteiger partial charge on any atom is -0.358 e. The highest BCUT2D eigenvalue weighted by molar-refractivity contribution is 7.80. The fourth-order valence-corrected chi connectivity index (χ4v) is 3.79. The summed E-state index contributed by atoms with van der Waals surface area (Å²) in [5.41, 5.74) is 1.04. The van der Waals surface area contributed by atoms with Crippen molar-refractivity contribution < 1.29 is 9.29 Å². The summed E-state index contributed by atoms with van der Waals surface area (Å²) in [6.45, 7) is 5.93. The van der Waals surface area contributed by atoms with Crippen molar-refractivity contribution >= 4 is 28.7 Å². The van der Waals surface area contributed by atoms with Gasteiger partial charge in [0.2, 0.25) is 0 Å². The number of hydrogen-bond donors (Lipinski definition) is 2. The Morgan fingerprint density at radius 3 is 2.61 bits per heavy atom. The smallest absolute Gasteiger partial charge is 0.169 e. The summed E-state index contributed by atoms with van der Waals surface area (Å²) in [4.78, 5) is 5.30. The van der Waals surface area contributed by atoms with Crippen LogP contribution in [0.5, 0.6) is 0 Å². The van der Waals surface area contributed by atoms with Gasteiger partial charge in [-0.25, -0.2) is 4.39 Å². The van der Waals surface area contributed by atoms with E-state index in [-0.39, 0.29) is 5.82 Å². The van der Waals surface area contributed by atoms with Crippen LogP contribution in [0.1, 0.15) is 10.4 Å². The lowest BCUT2D eigenvalue weighted by atomic mass is 10.2. The zero-order chi connectivity index (χ0) is 16.1. The van der Waals surface area contributed by atoms with Gasteiger partial charge in [0.1, 0.15) is 12.4 Å². The molecule has 1 aromatic heterocycles. The van der Waals surface area contributed by atoms with Gasteiger partial charge in [0, 0.05) is 6.54 Å². The molecule has 0 unspecified atom stereocenters. The Labute approximate surface area is 145 Å². The van der Waals surface area contributed by atoms with E-state index in [4.69, 9.17) is 12.2 Å². The van der Waals surface area contributed by atoms with Gasteiger partial charge in [-0.3, -0.25) is 0 Å². The molecule has 0 bridgehead atoms. The van der Waals surface area contributed by atoms with Crippen LogP contribution in [0.4, 0.5) is 4.39 Å². The lowest BCUT2D eigenvalue weighted by Gasteiger charge is -2.33. The Morgan fingerprint density at radius 1 is 1.22 bits per heavy atom. The number of nitrogens with one attached hydrogen (secondary N) is 2. The molecule has 2 aromatic rings. The van der Waals surface area contributed by atoms with Gasteiger partial charge in [0.15, 0.2) is 5.11 Å². The summed E-state index contributed by atoms with van der Waals surface area (Å²) in [6, 6.07) is 10.9. The SMILES string of the molecule is Fc1ccc(CNC(=S)N2CC[NH+](Cc3cccs3)CC2)cc1. The minimum atomic E-state index is -0.207. The van der Waals surface area contributed by atoms with Crippen molar-refractivity contribution in [1.29, 1.82) is 0 Å². The van der Waals surface area contributed by atoms with Crippen LogP contribution in [0.15, 0.2) is 41.8 Å². The molecule has 1 fully saturated rings. The number of hydrogen-bond acceptors (Lipinski definition) is 2. The topological polar surface area (TPSA) is 19.7 Å². The maximum absolute atomic E-state index is 12.9. The lowest BCUT2D eigenvalue weighted by molar-refractivity contribution is -0.917. The second kappa shape index (κ2) is 7.86. The number of nitrogens with zero attached hydrogens (tertiary/aromatic N) is 1. The molecule has 1 saturated heterocycles. The summed E-state index contributed by atoms with van der Waals surface area (Å²) in [5, 5.41) is 6.21. The summed E-state index contributed by atoms with van der Waals surface area (Å²) < 4.78 is 12.9. The van der Waals surface area contributed by atoms with E-state index in [0.717, 1.165) is 43.4 Å². The summed E-state index contributed by atoms with van der Waals surface area (Å²) in [5.74, 6) is -0.207. The second-order valence-corrected chi connectivity index (χ2v) is 7.20. The average Bonchev–Trinajstić information content (AvgIpc) is 3.08. The molecule has 1 aliphatic heterocycles. The van der Waals surface area contributed by atoms with Crippen LogP contribution >= 0.6 is 23.6 Å². The van der Waals surface area contributed by atoms with E-state index in [1.165, 1.54) is 17.0 Å². The molecule has 3 rings (SSSR count). The molecular formula is C17H21FN3S2+. The van der Waals surface area contributed by atoms with Gasteiger partial charge in [0.05, 0.1) is 31.1 Å². The first-order chi connectivity index (χ1) is 11.2. The van der Waals surface area contributed by atoms with E-state index in [0.29, 0.717) is 6.54 Å². The van der Waals surface area contributed by atoms with E-state index in [1.807, 2.05) is 11.3 Å². The summed E-state index contributed by atoms with van der Waals surface area (Å²) in [7, 11) is 0. The van der Waals surface area contributed by atoms with Gasteiger partial charge in [0.25, 0.3) is 0 Å². The van der Waals surface area contributed by atoms with Gasteiger partial charge in [-0.05, 0) is 41.4 Å². The largest absolute Gasteiger partial charge is 0.358 e. The van der Waals surface area contributed by atoms with E-state index < -0.39 is 0 Å². The van der Waals surface area contributed by atoms with Crippen molar-refractivity contribution in [2.45, 2.75) is 13.1 Å². The van der Waals surface area contributed by atoms with Gasteiger partial charge >= 0.3 is 0 Å². The quantitative estimate of drug-likeness (QED) is 0.819. The third kappa shape index (κ3) is 4.73. The van der Waals surface area contributed by atoms with Gasteiger partial charge in [-0.15, -0.1) is 11.3 Å². The molecular weight excluding hydrogens is 329 g/mol. The van der Waals surface area contributed by atoms with Crippen molar-refractivity contribution in [3.63, 3.8) is 0 Å². The maximum atomic E-state index is 12.9. The fourth-order valence-electron chi connectivity index (χ4n) is 2.75. The van der Waals surface area contributed by atoms with Crippen LogP contribution in [0.2, 0.25) is 0 Å². The third-order valence-corrected chi connectivity index (χ3v) is 5.40. The first-order valence-electron chi connectivity index (χ1n) is 7.84. The number of rotatable bonds is 4. The number of quaternary nitrogens is 1. The highest BCUT2D eigenvalue weighted by atomic mass is 32.1. The number of halogens is 1. The van der Waals surface area contributed by atoms with Crippen LogP contribution in [0, 0.1) is 5.82 Å². The van der Waals surface area contributed by atoms with Gasteiger partial charge in [-0.2, -0.15) is 0 Å². The molecule has 2 heterocycles. The average molecular weight is 351 g/mol. The highest BCUT2D eigenvalue weighted by Crippen LogP contribution is 2.06. The molecule has 0 amide bonds. The standard InChI is InChI=1S/C17H20FN3S2/c18-15-5-3-14(4-6-15)12-19-17(22)21-9-7-20(8-10-21)13-16-2-1-11-23-16/h1-6,11H,7-10,12-13H2,(H,19,22)/p+1. The molecule has 122 valence electrons. The van der Waals surface area contributed by atoms with E-state index >= 15 is 0 Å². The van der Waals surface area contributed by atoms with Crippen LogP contribution in [0.3, 0.4) is 0 Å². The first-order valence-corrected chi connectivity index (χ1v) is 9.12. The third-order valence-electron chi connectivity index (χ3n) is 4.12. The molecule has 2 N–H and O–H groups in total. The predicted octanol–water partition coefficient (Wildman–Crippen LogP) is 1.66. The van der Waals surface area contributed by atoms with E-state index in [1.54, 1.807) is 17.0 Å². The van der Waals surface area contributed by atoms with Crippen LogP contribution in [-0.4, -0.2) is 36.2 Å². The Balaban J connectivity index is 1.42. The predicted molar refractivity (Wildman–Crippen MR) is 96.1 cm³/mol. The zero-order valence-electron chi connectivity index (χ0n) is 12.9. The molecule has 3 nitrogen and oxygen atoms in total. The monoisotopic (exact) mass is 350 g/mol. The van der Waals surface area contributed by atoms with Crippen LogP contribution < -0.4 is 10.2 Å². The summed E-state index contributed by atoms with van der Waals surface area (Å²) >= 11 is 7.32. The first kappa shape index (κ1) is 16.4. The Kier molecular flexibility index (Phi) is 5.59. The summed E-state index contributed by atoms with van der Waals surface area (Å²) in [6.07, 6.45) is 0. The molecule has 6 heteroatoms. The number of thiocarbonyl (C=S) groups is 1. The Hall–Kier alpha value is -1.50. The number of piperazine rings is 1. The van der Waals surface area contributed by atoms with Crippen LogP contribution in [-0.2, 0) is 13.1 Å². The normalized spacial score (nSPS) is 15.6. The van der Waals surface area contributed by atoms with Crippen molar-refractivity contribution in [3.05, 3.63) is 58.0 Å². The molecule has 1 aliphatic rings. The van der Waals surface area contributed by atoms with E-state index in [9.17, 15) is 4.39 Å². The molecule has 0 saturated carbocycles. The number of thiophene rings is 1. The van der Waals surface area contributed by atoms with Crippen molar-refractivity contribution in [2.24, 2.45) is 0 Å². The Morgan fingerprint density at radius 2 is 1.96 bits per heavy atom.